The van der Waals surface area contributed by atoms with Crippen LogP contribution in [0.2, 0.25) is 5.04 Å². The van der Waals surface area contributed by atoms with Gasteiger partial charge in [0.1, 0.15) is 30.5 Å². The molecule has 0 radical (unpaired) electrons. The molecule has 2 fully saturated rings. The number of ether oxygens (including phenoxy) is 1. The molecule has 2 heterocycles. The third-order valence-corrected chi connectivity index (χ3v) is 12.1. The minimum absolute atomic E-state index is 0.169. The maximum atomic E-state index is 13.2. The van der Waals surface area contributed by atoms with E-state index in [2.05, 4.69) is 50.4 Å². The molecule has 2 saturated heterocycles. The van der Waals surface area contributed by atoms with Crippen molar-refractivity contribution >= 4 is 31.0 Å². The zero-order valence-corrected chi connectivity index (χ0v) is 23.0. The molecule has 2 aromatic rings. The first-order chi connectivity index (χ1) is 16.9. The van der Waals surface area contributed by atoms with Gasteiger partial charge in [-0.2, -0.15) is 0 Å². The number of nitrogens with zero attached hydrogens (tertiary/aromatic N) is 1. The number of rotatable bonds is 6. The van der Waals surface area contributed by atoms with E-state index in [1.807, 2.05) is 57.2 Å². The number of likely N-dealkylation sites (tertiary alicyclic amines) is 1. The number of amides is 2. The number of hydrogen-bond acceptors (Lipinski definition) is 5. The van der Waals surface area contributed by atoms with Crippen molar-refractivity contribution in [2.75, 3.05) is 6.54 Å². The quantitative estimate of drug-likeness (QED) is 0.457. The summed E-state index contributed by atoms with van der Waals surface area (Å²) in [5.74, 6) is -0.344. The predicted molar refractivity (Wildman–Crippen MR) is 142 cm³/mol. The fraction of sp³-hybridized carbons (Fsp3) is 0.500. The van der Waals surface area contributed by atoms with E-state index in [4.69, 9.17) is 9.16 Å². The molecule has 2 amide bonds. The first-order valence-electron chi connectivity index (χ1n) is 12.5. The SMILES string of the molecule is CC(C)(C)NC(=O)[C@@H]1[C@@H]2O[C@H](CN1C=O)[C@@H](O[Si](c1ccccc1)(c1ccccc1)C(C)(C)C)[C@@H]2O. The first-order valence-corrected chi connectivity index (χ1v) is 14.5. The number of carbonyl (C=O) groups is 2. The lowest BCUT2D eigenvalue weighted by Crippen LogP contribution is -2.69. The maximum Gasteiger partial charge on any atom is 0.261 e. The van der Waals surface area contributed by atoms with Crippen LogP contribution in [-0.4, -0.2) is 73.2 Å². The van der Waals surface area contributed by atoms with Crippen LogP contribution in [0, 0.1) is 0 Å². The van der Waals surface area contributed by atoms with E-state index < -0.39 is 44.3 Å². The first kappa shape index (κ1) is 26.5. The summed E-state index contributed by atoms with van der Waals surface area (Å²) in [4.78, 5) is 26.7. The Morgan fingerprint density at radius 2 is 1.56 bits per heavy atom. The lowest BCUT2D eigenvalue weighted by molar-refractivity contribution is -0.154. The van der Waals surface area contributed by atoms with Gasteiger partial charge < -0.3 is 24.5 Å². The van der Waals surface area contributed by atoms with Crippen molar-refractivity contribution in [2.24, 2.45) is 0 Å². The fourth-order valence-corrected chi connectivity index (χ4v) is 10.3. The van der Waals surface area contributed by atoms with Crippen LogP contribution in [0.3, 0.4) is 0 Å². The van der Waals surface area contributed by atoms with E-state index >= 15 is 0 Å². The molecule has 0 unspecified atom stereocenters. The van der Waals surface area contributed by atoms with E-state index in [1.165, 1.54) is 4.90 Å². The van der Waals surface area contributed by atoms with Crippen LogP contribution >= 0.6 is 0 Å². The normalized spacial score (nSPS) is 26.5. The van der Waals surface area contributed by atoms with Crippen molar-refractivity contribution in [3.63, 3.8) is 0 Å². The van der Waals surface area contributed by atoms with Gasteiger partial charge in [0.15, 0.2) is 0 Å². The topological polar surface area (TPSA) is 88.1 Å². The molecule has 2 bridgehead atoms. The Morgan fingerprint density at radius 1 is 1.03 bits per heavy atom. The summed E-state index contributed by atoms with van der Waals surface area (Å²) in [7, 11) is -2.98. The summed E-state index contributed by atoms with van der Waals surface area (Å²) in [6.45, 7) is 12.3. The van der Waals surface area contributed by atoms with Gasteiger partial charge in [0.25, 0.3) is 8.32 Å². The van der Waals surface area contributed by atoms with Gasteiger partial charge in [0.2, 0.25) is 12.3 Å². The van der Waals surface area contributed by atoms with Crippen LogP contribution in [0.4, 0.5) is 0 Å². The van der Waals surface area contributed by atoms with Gasteiger partial charge in [-0.05, 0) is 36.2 Å². The Morgan fingerprint density at radius 3 is 2.00 bits per heavy atom. The average Bonchev–Trinajstić information content (AvgIpc) is 3.05. The second-order valence-corrected chi connectivity index (χ2v) is 16.1. The van der Waals surface area contributed by atoms with Crippen molar-refractivity contribution in [3.8, 4) is 0 Å². The molecule has 2 N–H and O–H groups in total. The van der Waals surface area contributed by atoms with E-state index in [1.54, 1.807) is 0 Å². The summed E-state index contributed by atoms with van der Waals surface area (Å²) in [6.07, 6.45) is -2.52. The number of nitrogens with one attached hydrogen (secondary N) is 1. The number of morpholine rings is 1. The second kappa shape index (κ2) is 9.74. The molecule has 0 aromatic heterocycles. The van der Waals surface area contributed by atoms with Crippen LogP contribution in [0.15, 0.2) is 60.7 Å². The molecule has 2 aliphatic rings. The molecule has 4 rings (SSSR count). The van der Waals surface area contributed by atoms with Crippen molar-refractivity contribution < 1.29 is 23.9 Å². The fourth-order valence-electron chi connectivity index (χ4n) is 5.58. The van der Waals surface area contributed by atoms with E-state index in [-0.39, 0.29) is 17.5 Å². The highest BCUT2D eigenvalue weighted by Crippen LogP contribution is 2.41. The van der Waals surface area contributed by atoms with Gasteiger partial charge in [-0.15, -0.1) is 0 Å². The molecule has 5 atom stereocenters. The number of carbonyl (C=O) groups excluding carboxylic acids is 2. The lowest BCUT2D eigenvalue weighted by Gasteiger charge is -2.45. The van der Waals surface area contributed by atoms with Gasteiger partial charge in [-0.25, -0.2) is 0 Å². The number of hydrogen-bond donors (Lipinski definition) is 2. The molecular formula is C28H38N2O5Si. The Kier molecular flexibility index (Phi) is 7.18. The molecule has 2 aliphatic heterocycles. The van der Waals surface area contributed by atoms with Gasteiger partial charge >= 0.3 is 0 Å². The van der Waals surface area contributed by atoms with E-state index in [9.17, 15) is 14.7 Å². The van der Waals surface area contributed by atoms with Crippen molar-refractivity contribution in [3.05, 3.63) is 60.7 Å². The average molecular weight is 511 g/mol. The molecule has 36 heavy (non-hydrogen) atoms. The predicted octanol–water partition coefficient (Wildman–Crippen LogP) is 1.82. The highest BCUT2D eigenvalue weighted by Gasteiger charge is 2.60. The monoisotopic (exact) mass is 510 g/mol. The summed E-state index contributed by atoms with van der Waals surface area (Å²) in [5.41, 5.74) is -0.489. The molecular weight excluding hydrogens is 472 g/mol. The third-order valence-electron chi connectivity index (χ3n) is 7.06. The van der Waals surface area contributed by atoms with E-state index in [0.29, 0.717) is 6.41 Å². The second-order valence-electron chi connectivity index (χ2n) is 11.9. The van der Waals surface area contributed by atoms with Gasteiger partial charge in [-0.1, -0.05) is 81.4 Å². The smallest absolute Gasteiger partial charge is 0.261 e. The largest absolute Gasteiger partial charge is 0.399 e. The van der Waals surface area contributed by atoms with E-state index in [0.717, 1.165) is 10.4 Å². The molecule has 8 heteroatoms. The Labute approximate surface area is 214 Å². The van der Waals surface area contributed by atoms with Gasteiger partial charge in [0, 0.05) is 5.54 Å². The summed E-state index contributed by atoms with van der Waals surface area (Å²) in [5, 5.41) is 16.4. The summed E-state index contributed by atoms with van der Waals surface area (Å²) >= 11 is 0. The summed E-state index contributed by atoms with van der Waals surface area (Å²) in [6, 6.07) is 19.5. The Bertz CT molecular complexity index is 1030. The van der Waals surface area contributed by atoms with Gasteiger partial charge in [0.05, 0.1) is 6.54 Å². The summed E-state index contributed by atoms with van der Waals surface area (Å²) < 4.78 is 13.4. The lowest BCUT2D eigenvalue weighted by atomic mass is 10.0. The molecule has 7 nitrogen and oxygen atoms in total. The van der Waals surface area contributed by atoms with Crippen LogP contribution < -0.4 is 15.7 Å². The zero-order valence-electron chi connectivity index (χ0n) is 22.0. The third kappa shape index (κ3) is 4.75. The number of aliphatic hydroxyl groups is 1. The minimum Gasteiger partial charge on any atom is -0.399 e. The highest BCUT2D eigenvalue weighted by atomic mass is 28.4. The Balaban J connectivity index is 1.77. The number of aliphatic hydroxyl groups excluding tert-OH is 1. The molecule has 0 spiro atoms. The van der Waals surface area contributed by atoms with Crippen molar-refractivity contribution in [2.45, 2.75) is 82.6 Å². The van der Waals surface area contributed by atoms with Crippen molar-refractivity contribution in [1.29, 1.82) is 0 Å². The standard InChI is InChI=1S/C28H38N2O5Si/c1-27(2,3)29-26(33)22-25-23(32)24(21(34-25)17-30(22)18-31)35-36(28(4,5)6,19-13-9-7-10-14-19)20-15-11-8-12-16-20/h7-16,18,21-25,32H,17H2,1-6H3,(H,29,33)/t21-,22+,23+,24-,25+/m1/s1. The van der Waals surface area contributed by atoms with Crippen molar-refractivity contribution in [1.82, 2.24) is 10.2 Å². The minimum atomic E-state index is -2.98. The van der Waals surface area contributed by atoms with Crippen LogP contribution in [0.25, 0.3) is 0 Å². The number of benzene rings is 2. The van der Waals surface area contributed by atoms with Crippen LogP contribution in [0.1, 0.15) is 41.5 Å². The molecule has 194 valence electrons. The van der Waals surface area contributed by atoms with Gasteiger partial charge in [-0.3, -0.25) is 9.59 Å². The number of fused-ring (bicyclic) bond motifs is 2. The maximum absolute atomic E-state index is 13.2. The Hall–Kier alpha value is -2.52. The molecule has 2 aromatic carbocycles. The zero-order chi connectivity index (χ0) is 26.3. The molecule has 0 aliphatic carbocycles. The van der Waals surface area contributed by atoms with Crippen LogP contribution in [-0.2, 0) is 18.8 Å². The highest BCUT2D eigenvalue weighted by molar-refractivity contribution is 6.99. The molecule has 0 saturated carbocycles. The van der Waals surface area contributed by atoms with Crippen LogP contribution in [0.5, 0.6) is 0 Å².